The smallest absolute Gasteiger partial charge is 0.274 e. The lowest BCUT2D eigenvalue weighted by molar-refractivity contribution is 0.431. The zero-order chi connectivity index (χ0) is 15.6. The Hall–Kier alpha value is -3.22. The number of aromatic amines is 1. The van der Waals surface area contributed by atoms with Crippen LogP contribution in [-0.2, 0) is 6.54 Å². The van der Waals surface area contributed by atoms with Crippen LogP contribution in [0.4, 0.5) is 0 Å². The lowest BCUT2D eigenvalue weighted by Gasteiger charge is -2.00. The van der Waals surface area contributed by atoms with Crippen molar-refractivity contribution in [1.29, 1.82) is 0 Å². The van der Waals surface area contributed by atoms with Gasteiger partial charge in [-0.3, -0.25) is 0 Å². The Morgan fingerprint density at radius 2 is 2.04 bits per heavy atom. The molecule has 0 aliphatic carbocycles. The molecule has 3 heterocycles. The van der Waals surface area contributed by atoms with Gasteiger partial charge >= 0.3 is 0 Å². The summed E-state index contributed by atoms with van der Waals surface area (Å²) in [5, 5.41) is 12.2. The summed E-state index contributed by atoms with van der Waals surface area (Å²) in [5.74, 6) is 0.850. The van der Waals surface area contributed by atoms with Gasteiger partial charge in [-0.25, -0.2) is 4.68 Å². The fourth-order valence-corrected chi connectivity index (χ4v) is 2.26. The lowest BCUT2D eigenvalue weighted by atomic mass is 10.1. The van der Waals surface area contributed by atoms with Crippen molar-refractivity contribution in [1.82, 2.24) is 30.1 Å². The summed E-state index contributed by atoms with van der Waals surface area (Å²) in [6.45, 7) is 2.71. The van der Waals surface area contributed by atoms with Crippen molar-refractivity contribution in [2.45, 2.75) is 13.5 Å². The molecule has 114 valence electrons. The highest BCUT2D eigenvalue weighted by Gasteiger charge is 2.14. The van der Waals surface area contributed by atoms with Crippen LogP contribution in [0, 0.1) is 6.92 Å². The third-order valence-corrected chi connectivity index (χ3v) is 3.49. The van der Waals surface area contributed by atoms with E-state index in [4.69, 9.17) is 4.52 Å². The van der Waals surface area contributed by atoms with Crippen LogP contribution in [0.15, 0.2) is 53.3 Å². The van der Waals surface area contributed by atoms with Gasteiger partial charge in [0.1, 0.15) is 5.69 Å². The Bertz CT molecular complexity index is 904. The predicted octanol–water partition coefficient (Wildman–Crippen LogP) is 2.68. The molecule has 7 nitrogen and oxygen atoms in total. The van der Waals surface area contributed by atoms with E-state index in [0.29, 0.717) is 24.0 Å². The highest BCUT2D eigenvalue weighted by molar-refractivity contribution is 5.53. The van der Waals surface area contributed by atoms with Crippen LogP contribution < -0.4 is 0 Å². The first-order valence-corrected chi connectivity index (χ1v) is 7.21. The number of hydrogen-bond acceptors (Lipinski definition) is 5. The molecule has 1 N–H and O–H groups in total. The van der Waals surface area contributed by atoms with E-state index < -0.39 is 0 Å². The molecule has 0 atom stereocenters. The molecule has 0 fully saturated rings. The Kier molecular flexibility index (Phi) is 3.23. The summed E-state index contributed by atoms with van der Waals surface area (Å²) in [7, 11) is 0. The quantitative estimate of drug-likeness (QED) is 0.626. The van der Waals surface area contributed by atoms with Crippen LogP contribution in [0.25, 0.3) is 23.1 Å². The van der Waals surface area contributed by atoms with Gasteiger partial charge in [-0.05, 0) is 24.6 Å². The second kappa shape index (κ2) is 5.53. The molecular weight excluding hydrogens is 292 g/mol. The van der Waals surface area contributed by atoms with Crippen LogP contribution in [0.3, 0.4) is 0 Å². The number of nitrogens with zero attached hydrogens (tertiary/aromatic N) is 5. The third kappa shape index (κ3) is 2.76. The van der Waals surface area contributed by atoms with E-state index in [9.17, 15) is 0 Å². The van der Waals surface area contributed by atoms with Gasteiger partial charge in [0.15, 0.2) is 5.69 Å². The lowest BCUT2D eigenvalue weighted by Crippen LogP contribution is -2.00. The maximum absolute atomic E-state index is 5.23. The standard InChI is InChI=1S/C16H14N6O/c1-11-4-6-12(7-5-11)9-22-10-14(19-21-22)15-18-16(23-20-15)13-3-2-8-17-13/h2-8,10,17H,9H2,1H3. The first kappa shape index (κ1) is 13.4. The first-order valence-electron chi connectivity index (χ1n) is 7.21. The van der Waals surface area contributed by atoms with E-state index in [0.717, 1.165) is 11.3 Å². The minimum absolute atomic E-state index is 0.421. The van der Waals surface area contributed by atoms with Crippen LogP contribution in [0.2, 0.25) is 0 Å². The van der Waals surface area contributed by atoms with Gasteiger partial charge < -0.3 is 9.51 Å². The molecule has 4 aromatic rings. The zero-order valence-corrected chi connectivity index (χ0v) is 12.5. The molecule has 3 aromatic heterocycles. The second-order valence-electron chi connectivity index (χ2n) is 5.29. The monoisotopic (exact) mass is 306 g/mol. The van der Waals surface area contributed by atoms with E-state index in [-0.39, 0.29) is 0 Å². The van der Waals surface area contributed by atoms with Crippen LogP contribution in [0.5, 0.6) is 0 Å². The topological polar surface area (TPSA) is 85.4 Å². The van der Waals surface area contributed by atoms with Gasteiger partial charge in [0, 0.05) is 6.20 Å². The van der Waals surface area contributed by atoms with Crippen LogP contribution in [0.1, 0.15) is 11.1 Å². The first-order chi connectivity index (χ1) is 11.3. The van der Waals surface area contributed by atoms with Gasteiger partial charge in [-0.2, -0.15) is 4.98 Å². The fourth-order valence-electron chi connectivity index (χ4n) is 2.26. The third-order valence-electron chi connectivity index (χ3n) is 3.49. The minimum Gasteiger partial charge on any atom is -0.357 e. The normalized spacial score (nSPS) is 11.0. The SMILES string of the molecule is Cc1ccc(Cn2cc(-c3noc(-c4ccc[nH]4)n3)nn2)cc1. The minimum atomic E-state index is 0.421. The Labute approximate surface area is 132 Å². The van der Waals surface area contributed by atoms with Crippen molar-refractivity contribution in [3.8, 4) is 23.1 Å². The maximum Gasteiger partial charge on any atom is 0.274 e. The Morgan fingerprint density at radius 3 is 2.83 bits per heavy atom. The second-order valence-corrected chi connectivity index (χ2v) is 5.29. The molecule has 0 saturated heterocycles. The number of benzene rings is 1. The van der Waals surface area contributed by atoms with Crippen molar-refractivity contribution >= 4 is 0 Å². The highest BCUT2D eigenvalue weighted by atomic mass is 16.5. The number of H-pyrrole nitrogens is 1. The molecule has 0 unspecified atom stereocenters. The number of hydrogen-bond donors (Lipinski definition) is 1. The van der Waals surface area contributed by atoms with Crippen LogP contribution in [-0.4, -0.2) is 30.1 Å². The number of aryl methyl sites for hydroxylation is 1. The summed E-state index contributed by atoms with van der Waals surface area (Å²) < 4.78 is 6.99. The van der Waals surface area contributed by atoms with Crippen molar-refractivity contribution in [3.05, 3.63) is 59.9 Å². The van der Waals surface area contributed by atoms with Gasteiger partial charge in [-0.15, -0.1) is 5.10 Å². The van der Waals surface area contributed by atoms with E-state index in [2.05, 4.69) is 56.6 Å². The molecule has 0 spiro atoms. The van der Waals surface area contributed by atoms with Gasteiger partial charge in [0.05, 0.1) is 12.7 Å². The van der Waals surface area contributed by atoms with E-state index in [1.54, 1.807) is 10.9 Å². The summed E-state index contributed by atoms with van der Waals surface area (Å²) in [4.78, 5) is 7.35. The van der Waals surface area contributed by atoms with E-state index in [1.165, 1.54) is 5.56 Å². The van der Waals surface area contributed by atoms with Crippen molar-refractivity contribution in [2.75, 3.05) is 0 Å². The predicted molar refractivity (Wildman–Crippen MR) is 83.4 cm³/mol. The molecule has 4 rings (SSSR count). The number of aromatic nitrogens is 6. The molecule has 0 bridgehead atoms. The van der Waals surface area contributed by atoms with Gasteiger partial charge in [0.2, 0.25) is 5.82 Å². The maximum atomic E-state index is 5.23. The molecule has 23 heavy (non-hydrogen) atoms. The van der Waals surface area contributed by atoms with Crippen molar-refractivity contribution in [2.24, 2.45) is 0 Å². The summed E-state index contributed by atoms with van der Waals surface area (Å²) >= 11 is 0. The summed E-state index contributed by atoms with van der Waals surface area (Å²) in [6, 6.07) is 12.1. The van der Waals surface area contributed by atoms with E-state index >= 15 is 0 Å². The molecular formula is C16H14N6O. The fraction of sp³-hybridized carbons (Fsp3) is 0.125. The summed E-state index contributed by atoms with van der Waals surface area (Å²) in [6.07, 6.45) is 3.61. The van der Waals surface area contributed by atoms with Gasteiger partial charge in [-0.1, -0.05) is 40.2 Å². The zero-order valence-electron chi connectivity index (χ0n) is 12.5. The van der Waals surface area contributed by atoms with Crippen molar-refractivity contribution < 1.29 is 4.52 Å². The molecule has 1 aromatic carbocycles. The summed E-state index contributed by atoms with van der Waals surface area (Å²) in [5.41, 5.74) is 3.75. The van der Waals surface area contributed by atoms with Crippen molar-refractivity contribution in [3.63, 3.8) is 0 Å². The number of rotatable bonds is 4. The Balaban J connectivity index is 1.55. The molecule has 0 aliphatic rings. The Morgan fingerprint density at radius 1 is 1.17 bits per heavy atom. The van der Waals surface area contributed by atoms with E-state index in [1.807, 2.05) is 18.3 Å². The molecule has 0 radical (unpaired) electrons. The molecule has 0 amide bonds. The average molecular weight is 306 g/mol. The average Bonchev–Trinajstić information content (AvgIpc) is 3.30. The van der Waals surface area contributed by atoms with Crippen LogP contribution >= 0.6 is 0 Å². The largest absolute Gasteiger partial charge is 0.357 e. The molecule has 7 heteroatoms. The molecule has 0 aliphatic heterocycles. The highest BCUT2D eigenvalue weighted by Crippen LogP contribution is 2.19. The number of nitrogens with one attached hydrogen (secondary N) is 1. The molecule has 0 saturated carbocycles. The van der Waals surface area contributed by atoms with Gasteiger partial charge in [0.25, 0.3) is 5.89 Å².